The zero-order valence-corrected chi connectivity index (χ0v) is 13.7. The van der Waals surface area contributed by atoms with Crippen LogP contribution in [0.15, 0.2) is 29.2 Å². The number of amides is 1. The van der Waals surface area contributed by atoms with Crippen LogP contribution < -0.4 is 10.2 Å². The third-order valence-electron chi connectivity index (χ3n) is 2.96. The maximum Gasteiger partial charge on any atom is 0.266 e. The van der Waals surface area contributed by atoms with E-state index in [1.54, 1.807) is 24.3 Å². The van der Waals surface area contributed by atoms with Gasteiger partial charge in [-0.1, -0.05) is 53.8 Å². The number of rotatable bonds is 5. The van der Waals surface area contributed by atoms with Gasteiger partial charge in [0.25, 0.3) is 5.91 Å². The smallest absolute Gasteiger partial charge is 0.266 e. The van der Waals surface area contributed by atoms with Gasteiger partial charge >= 0.3 is 0 Å². The van der Waals surface area contributed by atoms with Gasteiger partial charge in [0.15, 0.2) is 0 Å². The van der Waals surface area contributed by atoms with Crippen LogP contribution in [0.3, 0.4) is 0 Å². The average molecular weight is 370 g/mol. The van der Waals surface area contributed by atoms with Gasteiger partial charge in [-0.2, -0.15) is 0 Å². The fraction of sp³-hybridized carbons (Fsp3) is 0.143. The van der Waals surface area contributed by atoms with E-state index in [0.29, 0.717) is 15.5 Å². The Morgan fingerprint density at radius 2 is 2.00 bits per heavy atom. The molecule has 1 saturated heterocycles. The first-order chi connectivity index (χ1) is 10.8. The third-order valence-corrected chi connectivity index (χ3v) is 4.63. The highest BCUT2D eigenvalue weighted by Gasteiger charge is 2.37. The highest BCUT2D eigenvalue weighted by molar-refractivity contribution is 8.26. The normalized spacial score (nSPS) is 17.6. The summed E-state index contributed by atoms with van der Waals surface area (Å²) in [7, 11) is 0. The first kappa shape index (κ1) is 17.5. The average Bonchev–Trinajstić information content (AvgIpc) is 2.73. The van der Waals surface area contributed by atoms with Crippen LogP contribution in [0.2, 0.25) is 5.02 Å². The van der Waals surface area contributed by atoms with E-state index in [2.05, 4.69) is 0 Å². The Kier molecular flexibility index (Phi) is 5.40. The molecule has 1 heterocycles. The van der Waals surface area contributed by atoms with Crippen molar-refractivity contribution in [2.24, 2.45) is 0 Å². The topological polar surface area (TPSA) is 101 Å². The lowest BCUT2D eigenvalue weighted by Gasteiger charge is -2.27. The summed E-state index contributed by atoms with van der Waals surface area (Å²) in [6, 6.07) is 5.03. The monoisotopic (exact) mass is 369 g/mol. The van der Waals surface area contributed by atoms with Crippen LogP contribution in [0.5, 0.6) is 0 Å². The van der Waals surface area contributed by atoms with Gasteiger partial charge in [-0.15, -0.1) is 0 Å². The van der Waals surface area contributed by atoms with Crippen molar-refractivity contribution >= 4 is 63.8 Å². The number of aliphatic carboxylic acids is 2. The molecule has 1 aromatic rings. The Morgan fingerprint density at radius 3 is 2.57 bits per heavy atom. The number of hydrogen-bond acceptors (Lipinski definition) is 7. The SMILES string of the molecule is O=C([O-])C[C@@H](C(=O)[O-])N1C(=O)/C(=C/c2ccccc2Cl)SC1=S. The summed E-state index contributed by atoms with van der Waals surface area (Å²) >= 11 is 11.8. The Bertz CT molecular complexity index is 734. The number of nitrogens with zero attached hydrogens (tertiary/aromatic N) is 1. The van der Waals surface area contributed by atoms with Crippen molar-refractivity contribution in [2.75, 3.05) is 0 Å². The molecule has 6 nitrogen and oxygen atoms in total. The molecule has 120 valence electrons. The standard InChI is InChI=1S/C14H10ClNO5S2/c15-8-4-2-1-3-7(8)5-10-12(19)16(14(22)23-10)9(13(20)21)6-11(17)18/h1-5,9H,6H2,(H,17,18)(H,20,21)/p-2/b10-5-/t9-/m0/s1. The Labute approximate surface area is 145 Å². The van der Waals surface area contributed by atoms with Gasteiger partial charge in [0.2, 0.25) is 0 Å². The number of hydrogen-bond donors (Lipinski definition) is 0. The molecule has 0 bridgehead atoms. The van der Waals surface area contributed by atoms with Crippen LogP contribution in [-0.2, 0) is 14.4 Å². The Hall–Kier alpha value is -1.90. The quantitative estimate of drug-likeness (QED) is 0.523. The first-order valence-electron chi connectivity index (χ1n) is 6.23. The maximum absolute atomic E-state index is 12.4. The molecule has 0 saturated carbocycles. The summed E-state index contributed by atoms with van der Waals surface area (Å²) in [5.41, 5.74) is 0.555. The molecule has 9 heteroatoms. The Morgan fingerprint density at radius 1 is 1.35 bits per heavy atom. The van der Waals surface area contributed by atoms with Gasteiger partial charge < -0.3 is 19.8 Å². The van der Waals surface area contributed by atoms with Crippen LogP contribution in [0.25, 0.3) is 6.08 Å². The number of halogens is 1. The number of benzene rings is 1. The van der Waals surface area contributed by atoms with E-state index in [0.717, 1.165) is 11.8 Å². The van der Waals surface area contributed by atoms with Crippen molar-refractivity contribution in [3.05, 3.63) is 39.8 Å². The molecule has 0 aromatic heterocycles. The molecule has 1 fully saturated rings. The molecule has 0 N–H and O–H groups in total. The molecule has 1 atom stereocenters. The van der Waals surface area contributed by atoms with Crippen LogP contribution in [-0.4, -0.2) is 33.1 Å². The van der Waals surface area contributed by atoms with E-state index in [9.17, 15) is 24.6 Å². The summed E-state index contributed by atoms with van der Waals surface area (Å²) in [6.45, 7) is 0. The van der Waals surface area contributed by atoms with Gasteiger partial charge in [-0.05, 0) is 17.7 Å². The molecule has 2 rings (SSSR count). The zero-order chi connectivity index (χ0) is 17.1. The van der Waals surface area contributed by atoms with Gasteiger partial charge in [0.05, 0.1) is 16.9 Å². The molecule has 1 aliphatic heterocycles. The van der Waals surface area contributed by atoms with Crippen molar-refractivity contribution in [1.29, 1.82) is 0 Å². The van der Waals surface area contributed by atoms with Gasteiger partial charge in [0, 0.05) is 17.4 Å². The molecular formula is C14H8ClNO5S2-2. The molecule has 0 unspecified atom stereocenters. The second-order valence-corrected chi connectivity index (χ2v) is 6.57. The largest absolute Gasteiger partial charge is 0.550 e. The Balaban J connectivity index is 2.34. The van der Waals surface area contributed by atoms with E-state index in [1.165, 1.54) is 6.08 Å². The molecule has 1 aliphatic rings. The lowest BCUT2D eigenvalue weighted by atomic mass is 10.1. The third kappa shape index (κ3) is 3.90. The predicted molar refractivity (Wildman–Crippen MR) is 84.9 cm³/mol. The fourth-order valence-electron chi connectivity index (χ4n) is 1.92. The summed E-state index contributed by atoms with van der Waals surface area (Å²) < 4.78 is -0.0660. The number of carboxylic acid groups (broad SMARTS) is 2. The van der Waals surface area contributed by atoms with Gasteiger partial charge in [-0.3, -0.25) is 9.69 Å². The summed E-state index contributed by atoms with van der Waals surface area (Å²) in [5, 5.41) is 22.2. The summed E-state index contributed by atoms with van der Waals surface area (Å²) in [5.74, 6) is -4.05. The number of carbonyl (C=O) groups is 3. The second-order valence-electron chi connectivity index (χ2n) is 4.48. The lowest BCUT2D eigenvalue weighted by molar-refractivity contribution is -0.319. The number of carbonyl (C=O) groups excluding carboxylic acids is 3. The zero-order valence-electron chi connectivity index (χ0n) is 11.4. The molecule has 0 spiro atoms. The molecule has 23 heavy (non-hydrogen) atoms. The minimum absolute atomic E-state index is 0.0660. The molecule has 0 radical (unpaired) electrons. The van der Waals surface area contributed by atoms with Crippen LogP contribution in [0, 0.1) is 0 Å². The van der Waals surface area contributed by atoms with E-state index < -0.39 is 30.3 Å². The minimum Gasteiger partial charge on any atom is -0.550 e. The second kappa shape index (κ2) is 7.12. The fourth-order valence-corrected chi connectivity index (χ4v) is 3.46. The van der Waals surface area contributed by atoms with Gasteiger partial charge in [0.1, 0.15) is 4.32 Å². The molecule has 1 amide bonds. The van der Waals surface area contributed by atoms with Crippen molar-refractivity contribution in [2.45, 2.75) is 12.5 Å². The van der Waals surface area contributed by atoms with Crippen molar-refractivity contribution in [3.8, 4) is 0 Å². The molecule has 0 aliphatic carbocycles. The van der Waals surface area contributed by atoms with Crippen LogP contribution in [0.4, 0.5) is 0 Å². The molecule has 1 aromatic carbocycles. The summed E-state index contributed by atoms with van der Waals surface area (Å²) in [4.78, 5) is 35.0. The highest BCUT2D eigenvalue weighted by atomic mass is 35.5. The predicted octanol–water partition coefficient (Wildman–Crippen LogP) is -0.200. The number of thioether (sulfide) groups is 1. The van der Waals surface area contributed by atoms with Crippen molar-refractivity contribution in [3.63, 3.8) is 0 Å². The molecular weight excluding hydrogens is 362 g/mol. The van der Waals surface area contributed by atoms with E-state index in [4.69, 9.17) is 23.8 Å². The van der Waals surface area contributed by atoms with Crippen LogP contribution >= 0.6 is 35.6 Å². The van der Waals surface area contributed by atoms with E-state index in [-0.39, 0.29) is 9.23 Å². The number of thiocarbonyl (C=S) groups is 1. The van der Waals surface area contributed by atoms with E-state index >= 15 is 0 Å². The first-order valence-corrected chi connectivity index (χ1v) is 7.84. The van der Waals surface area contributed by atoms with Crippen molar-refractivity contribution in [1.82, 2.24) is 4.90 Å². The highest BCUT2D eigenvalue weighted by Crippen LogP contribution is 2.35. The van der Waals surface area contributed by atoms with Crippen molar-refractivity contribution < 1.29 is 24.6 Å². The maximum atomic E-state index is 12.4. The number of carboxylic acids is 2. The van der Waals surface area contributed by atoms with Crippen LogP contribution in [0.1, 0.15) is 12.0 Å². The minimum atomic E-state index is -1.72. The lowest BCUT2D eigenvalue weighted by Crippen LogP contribution is -2.52. The summed E-state index contributed by atoms with van der Waals surface area (Å²) in [6.07, 6.45) is 0.557. The van der Waals surface area contributed by atoms with E-state index in [1.807, 2.05) is 0 Å². The van der Waals surface area contributed by atoms with Gasteiger partial charge in [-0.25, -0.2) is 0 Å².